The van der Waals surface area contributed by atoms with Gasteiger partial charge in [-0.05, 0) is 73.2 Å². The van der Waals surface area contributed by atoms with Crippen LogP contribution in [0.1, 0.15) is 48.6 Å². The van der Waals surface area contributed by atoms with E-state index in [2.05, 4.69) is 41.3 Å². The second kappa shape index (κ2) is 6.12. The van der Waals surface area contributed by atoms with Crippen LogP contribution in [-0.2, 0) is 0 Å². The lowest BCUT2D eigenvalue weighted by atomic mass is 9.81. The van der Waals surface area contributed by atoms with E-state index in [1.54, 1.807) is 11.1 Å². The second-order valence-electron chi connectivity index (χ2n) is 5.54. The molecule has 0 unspecified atom stereocenters. The number of hydrogen-bond donors (Lipinski definition) is 1. The monoisotopic (exact) mass is 261 g/mol. The normalized spacial score (nSPS) is 23.1. The van der Waals surface area contributed by atoms with Crippen molar-refractivity contribution in [2.24, 2.45) is 0 Å². The molecular weight excluding hydrogens is 238 g/mol. The highest BCUT2D eigenvalue weighted by molar-refractivity contribution is 7.99. The van der Waals surface area contributed by atoms with Crippen LogP contribution >= 0.6 is 11.8 Å². The van der Waals surface area contributed by atoms with Crippen LogP contribution in [0.5, 0.6) is 0 Å². The first-order valence-electron chi connectivity index (χ1n) is 7.32. The molecule has 3 rings (SSSR count). The van der Waals surface area contributed by atoms with Gasteiger partial charge in [-0.25, -0.2) is 0 Å². The summed E-state index contributed by atoms with van der Waals surface area (Å²) in [5.74, 6) is 4.34. The minimum atomic E-state index is 0.803. The summed E-state index contributed by atoms with van der Waals surface area (Å²) in [5.41, 5.74) is 3.33. The average Bonchev–Trinajstić information content (AvgIpc) is 2.49. The molecule has 2 fully saturated rings. The Bertz CT molecular complexity index is 341. The number of rotatable bonds is 2. The van der Waals surface area contributed by atoms with Crippen LogP contribution in [0.4, 0.5) is 0 Å². The molecule has 0 atom stereocenters. The van der Waals surface area contributed by atoms with Gasteiger partial charge in [-0.2, -0.15) is 11.8 Å². The van der Waals surface area contributed by atoms with Crippen molar-refractivity contribution in [3.63, 3.8) is 0 Å². The molecule has 0 amide bonds. The van der Waals surface area contributed by atoms with Gasteiger partial charge < -0.3 is 5.32 Å². The van der Waals surface area contributed by atoms with Crippen molar-refractivity contribution in [1.82, 2.24) is 5.32 Å². The van der Waals surface area contributed by atoms with E-state index in [4.69, 9.17) is 0 Å². The van der Waals surface area contributed by atoms with Gasteiger partial charge in [0.25, 0.3) is 0 Å². The number of benzene rings is 1. The van der Waals surface area contributed by atoms with Crippen LogP contribution in [-0.4, -0.2) is 24.6 Å². The third-order valence-corrected chi connectivity index (χ3v) is 5.48. The topological polar surface area (TPSA) is 12.0 Å². The SMILES string of the molecule is c1ccc(C2CCSCC2)c(C2CCNCC2)c1. The lowest BCUT2D eigenvalue weighted by Gasteiger charge is -2.29. The van der Waals surface area contributed by atoms with Crippen LogP contribution in [0.3, 0.4) is 0 Å². The lowest BCUT2D eigenvalue weighted by molar-refractivity contribution is 0.454. The molecule has 2 aliphatic heterocycles. The summed E-state index contributed by atoms with van der Waals surface area (Å²) in [6.07, 6.45) is 5.40. The van der Waals surface area contributed by atoms with Crippen molar-refractivity contribution in [2.75, 3.05) is 24.6 Å². The van der Waals surface area contributed by atoms with E-state index in [9.17, 15) is 0 Å². The summed E-state index contributed by atoms with van der Waals surface area (Å²) < 4.78 is 0. The summed E-state index contributed by atoms with van der Waals surface area (Å²) in [7, 11) is 0. The van der Waals surface area contributed by atoms with Gasteiger partial charge in [0.2, 0.25) is 0 Å². The van der Waals surface area contributed by atoms with Crippen LogP contribution in [0.25, 0.3) is 0 Å². The number of piperidine rings is 1. The van der Waals surface area contributed by atoms with Gasteiger partial charge in [0.1, 0.15) is 0 Å². The summed E-state index contributed by atoms with van der Waals surface area (Å²) in [4.78, 5) is 0. The second-order valence-corrected chi connectivity index (χ2v) is 6.76. The maximum absolute atomic E-state index is 3.48. The molecule has 0 spiro atoms. The average molecular weight is 261 g/mol. The zero-order valence-corrected chi connectivity index (χ0v) is 11.8. The lowest BCUT2D eigenvalue weighted by Crippen LogP contribution is -2.27. The van der Waals surface area contributed by atoms with E-state index in [0.29, 0.717) is 0 Å². The van der Waals surface area contributed by atoms with E-state index in [-0.39, 0.29) is 0 Å². The predicted octanol–water partition coefficient (Wildman–Crippen LogP) is 3.76. The van der Waals surface area contributed by atoms with Gasteiger partial charge in [0.05, 0.1) is 0 Å². The van der Waals surface area contributed by atoms with Crippen LogP contribution in [0.2, 0.25) is 0 Å². The molecule has 18 heavy (non-hydrogen) atoms. The van der Waals surface area contributed by atoms with Gasteiger partial charge in [-0.1, -0.05) is 24.3 Å². The zero-order chi connectivity index (χ0) is 12.2. The molecule has 0 aliphatic carbocycles. The minimum absolute atomic E-state index is 0.803. The van der Waals surface area contributed by atoms with Crippen molar-refractivity contribution in [3.05, 3.63) is 35.4 Å². The molecule has 0 radical (unpaired) electrons. The Labute approximate surface area is 115 Å². The molecule has 1 N–H and O–H groups in total. The first kappa shape index (κ1) is 12.6. The maximum Gasteiger partial charge on any atom is -0.00431 e. The van der Waals surface area contributed by atoms with Crippen molar-refractivity contribution in [3.8, 4) is 0 Å². The smallest absolute Gasteiger partial charge is 0.00431 e. The highest BCUT2D eigenvalue weighted by atomic mass is 32.2. The minimum Gasteiger partial charge on any atom is -0.317 e. The first-order valence-corrected chi connectivity index (χ1v) is 8.48. The highest BCUT2D eigenvalue weighted by Crippen LogP contribution is 2.37. The van der Waals surface area contributed by atoms with Crippen molar-refractivity contribution in [2.45, 2.75) is 37.5 Å². The Morgan fingerprint density at radius 2 is 1.39 bits per heavy atom. The Morgan fingerprint density at radius 1 is 0.833 bits per heavy atom. The molecule has 2 aliphatic rings. The van der Waals surface area contributed by atoms with Crippen LogP contribution in [0.15, 0.2) is 24.3 Å². The summed E-state index contributed by atoms with van der Waals surface area (Å²) >= 11 is 2.12. The molecular formula is C16H23NS. The standard InChI is InChI=1S/C16H23NS/c1-2-4-16(14-7-11-18-12-8-14)15(3-1)13-5-9-17-10-6-13/h1-4,13-14,17H,5-12H2. The fourth-order valence-corrected chi connectivity index (χ4v) is 4.50. The van der Waals surface area contributed by atoms with Gasteiger partial charge in [-0.3, -0.25) is 0 Å². The molecule has 1 aromatic carbocycles. The third kappa shape index (κ3) is 2.75. The largest absolute Gasteiger partial charge is 0.317 e. The highest BCUT2D eigenvalue weighted by Gasteiger charge is 2.23. The summed E-state index contributed by atoms with van der Waals surface area (Å²) in [6, 6.07) is 9.27. The van der Waals surface area contributed by atoms with Crippen LogP contribution in [0, 0.1) is 0 Å². The van der Waals surface area contributed by atoms with E-state index in [0.717, 1.165) is 11.8 Å². The van der Waals surface area contributed by atoms with Gasteiger partial charge in [0, 0.05) is 0 Å². The van der Waals surface area contributed by atoms with Crippen molar-refractivity contribution in [1.29, 1.82) is 0 Å². The Hall–Kier alpha value is -0.470. The first-order chi connectivity index (χ1) is 8.95. The quantitative estimate of drug-likeness (QED) is 0.870. The van der Waals surface area contributed by atoms with E-state index >= 15 is 0 Å². The molecule has 0 saturated carbocycles. The fraction of sp³-hybridized carbons (Fsp3) is 0.625. The third-order valence-electron chi connectivity index (χ3n) is 4.44. The Morgan fingerprint density at radius 3 is 2.00 bits per heavy atom. The Kier molecular flexibility index (Phi) is 4.27. The fourth-order valence-electron chi connectivity index (χ4n) is 3.40. The van der Waals surface area contributed by atoms with Crippen molar-refractivity contribution >= 4 is 11.8 Å². The molecule has 2 heterocycles. The molecule has 98 valence electrons. The van der Waals surface area contributed by atoms with E-state index in [1.165, 1.54) is 50.3 Å². The van der Waals surface area contributed by atoms with Crippen LogP contribution < -0.4 is 5.32 Å². The molecule has 2 heteroatoms. The molecule has 0 bridgehead atoms. The summed E-state index contributed by atoms with van der Waals surface area (Å²) in [6.45, 7) is 2.39. The number of thioether (sulfide) groups is 1. The Balaban J connectivity index is 1.83. The number of hydrogen-bond acceptors (Lipinski definition) is 2. The molecule has 1 aromatic rings. The van der Waals surface area contributed by atoms with Gasteiger partial charge in [-0.15, -0.1) is 0 Å². The maximum atomic E-state index is 3.48. The zero-order valence-electron chi connectivity index (χ0n) is 11.0. The van der Waals surface area contributed by atoms with Gasteiger partial charge >= 0.3 is 0 Å². The molecule has 0 aromatic heterocycles. The molecule has 1 nitrogen and oxygen atoms in total. The van der Waals surface area contributed by atoms with Crippen molar-refractivity contribution < 1.29 is 0 Å². The van der Waals surface area contributed by atoms with E-state index in [1.807, 2.05) is 0 Å². The number of nitrogens with one attached hydrogen (secondary N) is 1. The summed E-state index contributed by atoms with van der Waals surface area (Å²) in [5, 5.41) is 3.48. The van der Waals surface area contributed by atoms with Gasteiger partial charge in [0.15, 0.2) is 0 Å². The van der Waals surface area contributed by atoms with E-state index < -0.39 is 0 Å². The predicted molar refractivity (Wildman–Crippen MR) is 80.6 cm³/mol. The molecule has 2 saturated heterocycles.